The van der Waals surface area contributed by atoms with Crippen molar-refractivity contribution in [3.63, 3.8) is 0 Å². The molecule has 1 aromatic carbocycles. The average Bonchev–Trinajstić information content (AvgIpc) is 2.53. The smallest absolute Gasteiger partial charge is 0.407 e. The summed E-state index contributed by atoms with van der Waals surface area (Å²) in [5, 5.41) is 13.6. The minimum atomic E-state index is -0.733. The maximum Gasteiger partial charge on any atom is 0.407 e. The molecule has 10 nitrogen and oxygen atoms in total. The first-order valence-corrected chi connectivity index (χ1v) is 7.16. The largest absolute Gasteiger partial charge is 0.464 e. The number of esters is 2. The highest BCUT2D eigenvalue weighted by atomic mass is 16.6. The Hall–Kier alpha value is -3.17. The topological polar surface area (TPSA) is 134 Å². The Morgan fingerprint density at radius 3 is 2.44 bits per heavy atom. The van der Waals surface area contributed by atoms with Gasteiger partial charge in [-0.2, -0.15) is 0 Å². The van der Waals surface area contributed by atoms with Crippen LogP contribution >= 0.6 is 0 Å². The molecule has 1 atom stereocenters. The van der Waals surface area contributed by atoms with E-state index < -0.39 is 34.7 Å². The van der Waals surface area contributed by atoms with E-state index in [0.29, 0.717) is 5.56 Å². The van der Waals surface area contributed by atoms with Crippen LogP contribution in [0.2, 0.25) is 0 Å². The van der Waals surface area contributed by atoms with Gasteiger partial charge in [-0.15, -0.1) is 0 Å². The predicted octanol–water partition coefficient (Wildman–Crippen LogP) is 1.35. The van der Waals surface area contributed by atoms with Crippen LogP contribution in [0.3, 0.4) is 0 Å². The van der Waals surface area contributed by atoms with E-state index in [9.17, 15) is 24.5 Å². The van der Waals surface area contributed by atoms with Gasteiger partial charge >= 0.3 is 23.7 Å². The lowest BCUT2D eigenvalue weighted by molar-refractivity contribution is -0.385. The first-order chi connectivity index (χ1) is 11.7. The van der Waals surface area contributed by atoms with Crippen LogP contribution in [0.5, 0.6) is 5.75 Å². The van der Waals surface area contributed by atoms with Gasteiger partial charge in [0.2, 0.25) is 5.75 Å². The molecule has 136 valence electrons. The fraction of sp³-hybridized carbons (Fsp3) is 0.400. The second-order valence-electron chi connectivity index (χ2n) is 4.99. The Balaban J connectivity index is 3.00. The Morgan fingerprint density at radius 2 is 1.92 bits per heavy atom. The van der Waals surface area contributed by atoms with E-state index in [2.05, 4.69) is 10.1 Å². The molecular weight excluding hydrogens is 336 g/mol. The quantitative estimate of drug-likeness (QED) is 0.335. The number of amides is 1. The van der Waals surface area contributed by atoms with Gasteiger partial charge in [0.25, 0.3) is 0 Å². The molecule has 0 aliphatic rings. The molecule has 0 aliphatic heterocycles. The van der Waals surface area contributed by atoms with Crippen LogP contribution in [0.4, 0.5) is 10.5 Å². The number of hydrogen-bond acceptors (Lipinski definition) is 8. The molecule has 1 rings (SSSR count). The monoisotopic (exact) mass is 354 g/mol. The van der Waals surface area contributed by atoms with Crippen molar-refractivity contribution in [2.24, 2.45) is 0 Å². The number of carbonyl (C=O) groups excluding carboxylic acids is 3. The highest BCUT2D eigenvalue weighted by Gasteiger charge is 2.20. The van der Waals surface area contributed by atoms with Crippen molar-refractivity contribution in [3.05, 3.63) is 33.9 Å². The molecule has 1 aromatic rings. The molecule has 0 unspecified atom stereocenters. The Bertz CT molecular complexity index is 673. The third-order valence-corrected chi connectivity index (χ3v) is 2.95. The van der Waals surface area contributed by atoms with Crippen LogP contribution in [0.15, 0.2) is 18.2 Å². The van der Waals surface area contributed by atoms with Crippen molar-refractivity contribution in [2.45, 2.75) is 26.3 Å². The van der Waals surface area contributed by atoms with Gasteiger partial charge in [0.15, 0.2) is 0 Å². The molecule has 0 aliphatic carbocycles. The number of alkyl carbamates (subject to hydrolysis) is 1. The highest BCUT2D eigenvalue weighted by molar-refractivity contribution is 5.71. The zero-order chi connectivity index (χ0) is 19.0. The lowest BCUT2D eigenvalue weighted by atomic mass is 10.1. The van der Waals surface area contributed by atoms with Crippen LogP contribution in [0, 0.1) is 10.1 Å². The molecule has 0 saturated heterocycles. The summed E-state index contributed by atoms with van der Waals surface area (Å²) in [5.74, 6) is -1.40. The van der Waals surface area contributed by atoms with Crippen molar-refractivity contribution in [1.29, 1.82) is 0 Å². The van der Waals surface area contributed by atoms with Gasteiger partial charge in [-0.1, -0.05) is 6.07 Å². The normalized spacial score (nSPS) is 11.2. The third-order valence-electron chi connectivity index (χ3n) is 2.95. The summed E-state index contributed by atoms with van der Waals surface area (Å²) in [5.41, 5.74) is 0.0770. The van der Waals surface area contributed by atoms with Crippen LogP contribution in [-0.2, 0) is 25.5 Å². The number of carbonyl (C=O) groups is 3. The van der Waals surface area contributed by atoms with E-state index in [-0.39, 0.29) is 18.8 Å². The number of rotatable bonds is 7. The van der Waals surface area contributed by atoms with Crippen molar-refractivity contribution >= 4 is 23.7 Å². The summed E-state index contributed by atoms with van der Waals surface area (Å²) in [7, 11) is 1.18. The number of nitrogens with zero attached hydrogens (tertiary/aromatic N) is 1. The molecule has 0 fully saturated rings. The Kier molecular flexibility index (Phi) is 7.32. The predicted molar refractivity (Wildman–Crippen MR) is 84.1 cm³/mol. The number of nitrogens with one attached hydrogen (secondary N) is 1. The zero-order valence-corrected chi connectivity index (χ0v) is 13.9. The summed E-state index contributed by atoms with van der Waals surface area (Å²) in [6, 6.07) is 3.36. The number of nitro groups is 1. The van der Waals surface area contributed by atoms with Gasteiger partial charge < -0.3 is 19.5 Å². The van der Waals surface area contributed by atoms with Gasteiger partial charge in [0.1, 0.15) is 6.61 Å². The van der Waals surface area contributed by atoms with E-state index in [4.69, 9.17) is 9.47 Å². The SMILES string of the molecule is COC(=O)N[C@H](COC(C)=O)Cc1ccc(OC(C)=O)c([N+](=O)[O-])c1. The fourth-order valence-corrected chi connectivity index (χ4v) is 1.95. The zero-order valence-electron chi connectivity index (χ0n) is 13.9. The van der Waals surface area contributed by atoms with Gasteiger partial charge in [0.05, 0.1) is 18.1 Å². The van der Waals surface area contributed by atoms with Gasteiger partial charge in [-0.3, -0.25) is 19.7 Å². The molecule has 25 heavy (non-hydrogen) atoms. The van der Waals surface area contributed by atoms with Crippen molar-refractivity contribution in [3.8, 4) is 5.75 Å². The molecule has 0 saturated carbocycles. The number of nitro benzene ring substituents is 1. The molecule has 0 radical (unpaired) electrons. The molecule has 1 amide bonds. The maximum atomic E-state index is 11.4. The second-order valence-corrected chi connectivity index (χ2v) is 4.99. The van der Waals surface area contributed by atoms with E-state index in [1.54, 1.807) is 0 Å². The minimum absolute atomic E-state index is 0.129. The lowest BCUT2D eigenvalue weighted by Crippen LogP contribution is -2.40. The van der Waals surface area contributed by atoms with E-state index in [0.717, 1.165) is 6.92 Å². The number of hydrogen-bond donors (Lipinski definition) is 1. The molecular formula is C15H18N2O8. The molecule has 0 aromatic heterocycles. The van der Waals surface area contributed by atoms with Crippen LogP contribution in [0.1, 0.15) is 19.4 Å². The van der Waals surface area contributed by atoms with Crippen LogP contribution in [0.25, 0.3) is 0 Å². The summed E-state index contributed by atoms with van der Waals surface area (Å²) in [6.07, 6.45) is -0.605. The van der Waals surface area contributed by atoms with E-state index in [1.165, 1.54) is 32.2 Å². The van der Waals surface area contributed by atoms with Gasteiger partial charge in [-0.25, -0.2) is 4.79 Å². The van der Waals surface area contributed by atoms with E-state index in [1.807, 2.05) is 0 Å². The molecule has 0 bridgehead atoms. The summed E-state index contributed by atoms with van der Waals surface area (Å²) >= 11 is 0. The number of benzene rings is 1. The molecule has 0 heterocycles. The molecule has 10 heteroatoms. The van der Waals surface area contributed by atoms with Crippen molar-refractivity contribution in [1.82, 2.24) is 5.32 Å². The summed E-state index contributed by atoms with van der Waals surface area (Å²) in [4.78, 5) is 43.8. The number of ether oxygens (including phenoxy) is 3. The first kappa shape index (κ1) is 19.9. The third kappa shape index (κ3) is 6.85. The number of methoxy groups -OCH3 is 1. The fourth-order valence-electron chi connectivity index (χ4n) is 1.95. The molecule has 0 spiro atoms. The second kappa shape index (κ2) is 9.21. The summed E-state index contributed by atoms with van der Waals surface area (Å²) in [6.45, 7) is 2.21. The van der Waals surface area contributed by atoms with Crippen molar-refractivity contribution in [2.75, 3.05) is 13.7 Å². The minimum Gasteiger partial charge on any atom is -0.464 e. The van der Waals surface area contributed by atoms with E-state index >= 15 is 0 Å². The standard InChI is InChI=1S/C15H18N2O8/c1-9(18)24-8-12(16-15(20)23-3)6-11-4-5-14(25-10(2)19)13(7-11)17(21)22/h4-5,7,12H,6,8H2,1-3H3,(H,16,20)/t12-/m0/s1. The first-order valence-electron chi connectivity index (χ1n) is 7.16. The van der Waals surface area contributed by atoms with Gasteiger partial charge in [-0.05, 0) is 18.1 Å². The molecule has 1 N–H and O–H groups in total. The van der Waals surface area contributed by atoms with Crippen LogP contribution in [-0.4, -0.2) is 42.7 Å². The highest BCUT2D eigenvalue weighted by Crippen LogP contribution is 2.28. The Labute approximate surface area is 143 Å². The van der Waals surface area contributed by atoms with Gasteiger partial charge in [0, 0.05) is 19.9 Å². The average molecular weight is 354 g/mol. The maximum absolute atomic E-state index is 11.4. The Morgan fingerprint density at radius 1 is 1.24 bits per heavy atom. The lowest BCUT2D eigenvalue weighted by Gasteiger charge is -2.18. The van der Waals surface area contributed by atoms with Crippen molar-refractivity contribution < 1.29 is 33.5 Å². The van der Waals surface area contributed by atoms with Crippen LogP contribution < -0.4 is 10.1 Å². The summed E-state index contributed by atoms with van der Waals surface area (Å²) < 4.78 is 14.1.